The van der Waals surface area contributed by atoms with Crippen molar-refractivity contribution in [3.63, 3.8) is 0 Å². The molecule has 1 aromatic heterocycles. The van der Waals surface area contributed by atoms with E-state index >= 15 is 0 Å². The fraction of sp³-hybridized carbons (Fsp3) is 0.545. The molecule has 0 amide bonds. The second-order valence-electron chi connectivity index (χ2n) is 3.78. The third kappa shape index (κ3) is 5.30. The van der Waals surface area contributed by atoms with Gasteiger partial charge in [0.2, 0.25) is 0 Å². The number of nitrogens with one attached hydrogen (secondary N) is 1. The average molecular weight is 246 g/mol. The minimum atomic E-state index is 0.265. The monoisotopic (exact) mass is 245 g/mol. The van der Waals surface area contributed by atoms with Crippen LogP contribution >= 0.6 is 22.9 Å². The van der Waals surface area contributed by atoms with E-state index in [1.807, 2.05) is 12.1 Å². The summed E-state index contributed by atoms with van der Waals surface area (Å²) in [5, 5.41) is 3.22. The molecule has 0 aliphatic carbocycles. The Hall–Kier alpha value is -0.380. The number of carbonyl (C=O) groups is 1. The van der Waals surface area contributed by atoms with Crippen molar-refractivity contribution in [1.82, 2.24) is 5.32 Å². The van der Waals surface area contributed by atoms with Crippen molar-refractivity contribution in [1.29, 1.82) is 0 Å². The first-order chi connectivity index (χ1) is 7.08. The zero-order valence-corrected chi connectivity index (χ0v) is 10.6. The molecule has 4 heteroatoms. The summed E-state index contributed by atoms with van der Waals surface area (Å²) in [6.45, 7) is 4.91. The highest BCUT2D eigenvalue weighted by Crippen LogP contribution is 2.21. The fourth-order valence-electron chi connectivity index (χ4n) is 1.23. The molecule has 0 bridgehead atoms. The summed E-state index contributed by atoms with van der Waals surface area (Å²) in [5.41, 5.74) is 0. The zero-order valence-electron chi connectivity index (χ0n) is 9.05. The van der Waals surface area contributed by atoms with Gasteiger partial charge < -0.3 is 5.32 Å². The minimum Gasteiger partial charge on any atom is -0.314 e. The molecule has 0 unspecified atom stereocenters. The molecule has 0 saturated carbocycles. The molecule has 1 aromatic rings. The van der Waals surface area contributed by atoms with Crippen LogP contribution in [0.4, 0.5) is 0 Å². The second kappa shape index (κ2) is 6.26. The van der Waals surface area contributed by atoms with Crippen molar-refractivity contribution >= 4 is 28.7 Å². The Labute approximate surface area is 99.6 Å². The van der Waals surface area contributed by atoms with Crippen molar-refractivity contribution in [2.24, 2.45) is 0 Å². The molecule has 15 heavy (non-hydrogen) atoms. The molecule has 2 nitrogen and oxygen atoms in total. The number of halogens is 1. The van der Waals surface area contributed by atoms with Gasteiger partial charge in [-0.25, -0.2) is 0 Å². The van der Waals surface area contributed by atoms with Gasteiger partial charge in [-0.1, -0.05) is 25.4 Å². The van der Waals surface area contributed by atoms with Crippen molar-refractivity contribution < 1.29 is 4.79 Å². The molecule has 1 rings (SSSR count). The minimum absolute atomic E-state index is 0.265. The van der Waals surface area contributed by atoms with E-state index in [1.54, 1.807) is 0 Å². The number of rotatable bonds is 6. The third-order valence-corrected chi connectivity index (χ3v) is 3.19. The Kier molecular flexibility index (Phi) is 5.29. The van der Waals surface area contributed by atoms with Crippen LogP contribution < -0.4 is 5.32 Å². The summed E-state index contributed by atoms with van der Waals surface area (Å²) in [7, 11) is 0. The van der Waals surface area contributed by atoms with Crippen LogP contribution in [-0.4, -0.2) is 18.4 Å². The summed E-state index contributed by atoms with van der Waals surface area (Å²) >= 11 is 7.26. The normalized spacial score (nSPS) is 10.9. The Balaban J connectivity index is 2.24. The highest BCUT2D eigenvalue weighted by atomic mass is 35.5. The van der Waals surface area contributed by atoms with Gasteiger partial charge in [0.1, 0.15) is 5.78 Å². The zero-order chi connectivity index (χ0) is 11.3. The first kappa shape index (κ1) is 12.7. The maximum absolute atomic E-state index is 11.5. The summed E-state index contributed by atoms with van der Waals surface area (Å²) in [6.07, 6.45) is 1.10. The van der Waals surface area contributed by atoms with E-state index < -0.39 is 0 Å². The topological polar surface area (TPSA) is 29.1 Å². The van der Waals surface area contributed by atoms with Gasteiger partial charge in [-0.05, 0) is 12.1 Å². The molecule has 0 radical (unpaired) electrons. The molecule has 1 heterocycles. The molecule has 0 atom stereocenters. The van der Waals surface area contributed by atoms with E-state index in [2.05, 4.69) is 19.2 Å². The summed E-state index contributed by atoms with van der Waals surface area (Å²) in [6, 6.07) is 4.19. The molecule has 0 fully saturated rings. The lowest BCUT2D eigenvalue weighted by Gasteiger charge is -2.06. The van der Waals surface area contributed by atoms with E-state index in [9.17, 15) is 4.79 Å². The molecule has 1 N–H and O–H groups in total. The quantitative estimate of drug-likeness (QED) is 0.835. The van der Waals surface area contributed by atoms with Gasteiger partial charge in [-0.3, -0.25) is 4.79 Å². The van der Waals surface area contributed by atoms with Crippen molar-refractivity contribution in [2.75, 3.05) is 6.54 Å². The van der Waals surface area contributed by atoms with E-state index in [1.165, 1.54) is 11.3 Å². The maximum atomic E-state index is 11.5. The van der Waals surface area contributed by atoms with Crippen LogP contribution in [0.2, 0.25) is 4.34 Å². The van der Waals surface area contributed by atoms with Crippen molar-refractivity contribution in [3.8, 4) is 0 Å². The molecule has 0 aliphatic rings. The van der Waals surface area contributed by atoms with Crippen molar-refractivity contribution in [2.45, 2.75) is 32.7 Å². The highest BCUT2D eigenvalue weighted by molar-refractivity contribution is 7.16. The highest BCUT2D eigenvalue weighted by Gasteiger charge is 2.06. The maximum Gasteiger partial charge on any atom is 0.139 e. The molecular weight excluding hydrogens is 230 g/mol. The summed E-state index contributed by atoms with van der Waals surface area (Å²) in [4.78, 5) is 12.6. The van der Waals surface area contributed by atoms with Crippen LogP contribution in [0.5, 0.6) is 0 Å². The average Bonchev–Trinajstić information content (AvgIpc) is 2.50. The number of thiophene rings is 1. The first-order valence-electron chi connectivity index (χ1n) is 5.07. The molecule has 84 valence electrons. The molecular formula is C11H16ClNOS. The van der Waals surface area contributed by atoms with Gasteiger partial charge in [0.15, 0.2) is 0 Å². The lowest BCUT2D eigenvalue weighted by molar-refractivity contribution is -0.118. The summed E-state index contributed by atoms with van der Waals surface area (Å²) in [5.74, 6) is 0.265. The first-order valence-corrected chi connectivity index (χ1v) is 6.26. The largest absolute Gasteiger partial charge is 0.314 e. The van der Waals surface area contributed by atoms with E-state index in [0.717, 1.165) is 15.8 Å². The Morgan fingerprint density at radius 3 is 2.80 bits per heavy atom. The fourth-order valence-corrected chi connectivity index (χ4v) is 2.35. The van der Waals surface area contributed by atoms with Gasteiger partial charge in [-0.2, -0.15) is 0 Å². The smallest absolute Gasteiger partial charge is 0.139 e. The number of hydrogen-bond acceptors (Lipinski definition) is 3. The lowest BCUT2D eigenvalue weighted by atomic mass is 10.2. The number of ketones is 1. The SMILES string of the molecule is CC(C)NCCC(=O)Cc1ccc(Cl)s1. The van der Waals surface area contributed by atoms with Crippen LogP contribution in [0.15, 0.2) is 12.1 Å². The van der Waals surface area contributed by atoms with E-state index in [0.29, 0.717) is 18.9 Å². The predicted molar refractivity (Wildman–Crippen MR) is 65.8 cm³/mol. The van der Waals surface area contributed by atoms with Gasteiger partial charge in [0.25, 0.3) is 0 Å². The van der Waals surface area contributed by atoms with E-state index in [-0.39, 0.29) is 5.78 Å². The number of Topliss-reactive ketones (excluding diaryl/α,β-unsaturated/α-hetero) is 1. The van der Waals surface area contributed by atoms with Crippen LogP contribution in [0.3, 0.4) is 0 Å². The van der Waals surface area contributed by atoms with Crippen LogP contribution in [0.25, 0.3) is 0 Å². The molecule has 0 aromatic carbocycles. The Morgan fingerprint density at radius 1 is 1.53 bits per heavy atom. The molecule has 0 spiro atoms. The van der Waals surface area contributed by atoms with Gasteiger partial charge in [-0.15, -0.1) is 11.3 Å². The predicted octanol–water partition coefficient (Wildman–Crippen LogP) is 2.90. The van der Waals surface area contributed by atoms with Gasteiger partial charge in [0, 0.05) is 30.3 Å². The van der Waals surface area contributed by atoms with Crippen LogP contribution in [-0.2, 0) is 11.2 Å². The second-order valence-corrected chi connectivity index (χ2v) is 5.58. The Morgan fingerprint density at radius 2 is 2.27 bits per heavy atom. The van der Waals surface area contributed by atoms with Gasteiger partial charge in [0.05, 0.1) is 4.34 Å². The molecule has 0 aliphatic heterocycles. The number of carbonyl (C=O) groups excluding carboxylic acids is 1. The van der Waals surface area contributed by atoms with Crippen LogP contribution in [0, 0.1) is 0 Å². The Bertz CT molecular complexity index is 322. The lowest BCUT2D eigenvalue weighted by Crippen LogP contribution is -2.25. The van der Waals surface area contributed by atoms with Gasteiger partial charge >= 0.3 is 0 Å². The standard InChI is InChI=1S/C11H16ClNOS/c1-8(2)13-6-5-9(14)7-10-3-4-11(12)15-10/h3-4,8,13H,5-7H2,1-2H3. The summed E-state index contributed by atoms with van der Waals surface area (Å²) < 4.78 is 0.748. The molecule has 0 saturated heterocycles. The number of hydrogen-bond donors (Lipinski definition) is 1. The van der Waals surface area contributed by atoms with E-state index in [4.69, 9.17) is 11.6 Å². The third-order valence-electron chi connectivity index (χ3n) is 1.96. The van der Waals surface area contributed by atoms with Crippen molar-refractivity contribution in [3.05, 3.63) is 21.3 Å². The van der Waals surface area contributed by atoms with Crippen LogP contribution in [0.1, 0.15) is 25.1 Å².